The predicted molar refractivity (Wildman–Crippen MR) is 121 cm³/mol. The molecule has 0 radical (unpaired) electrons. The summed E-state index contributed by atoms with van der Waals surface area (Å²) in [5.74, 6) is 0. The van der Waals surface area contributed by atoms with Crippen molar-refractivity contribution in [2.45, 2.75) is 0 Å². The highest BCUT2D eigenvalue weighted by atomic mass is 14.9. The quantitative estimate of drug-likeness (QED) is 0.341. The predicted octanol–water partition coefficient (Wildman–Crippen LogP) is 6.06. The molecule has 6 aromatic rings. The van der Waals surface area contributed by atoms with Crippen LogP contribution in [-0.2, 0) is 0 Å². The Kier molecular flexibility index (Phi) is 3.74. The van der Waals surface area contributed by atoms with E-state index in [4.69, 9.17) is 9.97 Å². The second-order valence-electron chi connectivity index (χ2n) is 7.14. The van der Waals surface area contributed by atoms with Crippen LogP contribution in [0.4, 0.5) is 0 Å². The SMILES string of the molecule is c1ccc(-c2nc3c4ccccc4c4ccccc4c3nc2-c2ccccn2)nc1. The fourth-order valence-corrected chi connectivity index (χ4v) is 4.02. The zero-order chi connectivity index (χ0) is 19.9. The monoisotopic (exact) mass is 384 g/mol. The van der Waals surface area contributed by atoms with E-state index in [1.807, 2.05) is 48.5 Å². The van der Waals surface area contributed by atoms with Gasteiger partial charge in [0.15, 0.2) is 0 Å². The molecule has 0 aliphatic heterocycles. The maximum atomic E-state index is 5.14. The summed E-state index contributed by atoms with van der Waals surface area (Å²) in [6, 6.07) is 28.4. The molecule has 0 bridgehead atoms. The number of benzene rings is 3. The maximum absolute atomic E-state index is 5.14. The Morgan fingerprint density at radius 3 is 1.20 bits per heavy atom. The van der Waals surface area contributed by atoms with Crippen molar-refractivity contribution in [1.82, 2.24) is 19.9 Å². The average molecular weight is 384 g/mol. The summed E-state index contributed by atoms with van der Waals surface area (Å²) in [5.41, 5.74) is 4.80. The minimum Gasteiger partial charge on any atom is -0.255 e. The number of hydrogen-bond acceptors (Lipinski definition) is 4. The second kappa shape index (κ2) is 6.71. The molecule has 4 nitrogen and oxygen atoms in total. The first-order valence-corrected chi connectivity index (χ1v) is 9.84. The van der Waals surface area contributed by atoms with Crippen LogP contribution in [0.2, 0.25) is 0 Å². The number of fused-ring (bicyclic) bond motifs is 6. The van der Waals surface area contributed by atoms with Crippen LogP contribution in [0, 0.1) is 0 Å². The minimum atomic E-state index is 0.738. The Morgan fingerprint density at radius 2 is 0.800 bits per heavy atom. The fraction of sp³-hybridized carbons (Fsp3) is 0. The number of rotatable bonds is 2. The second-order valence-corrected chi connectivity index (χ2v) is 7.14. The molecule has 0 fully saturated rings. The molecule has 6 rings (SSSR count). The molecule has 0 spiro atoms. The highest BCUT2D eigenvalue weighted by Gasteiger charge is 2.18. The van der Waals surface area contributed by atoms with Crippen molar-refractivity contribution in [3.05, 3.63) is 97.3 Å². The van der Waals surface area contributed by atoms with Crippen molar-refractivity contribution in [3.63, 3.8) is 0 Å². The molecular formula is C26H16N4. The summed E-state index contributed by atoms with van der Waals surface area (Å²) in [6.45, 7) is 0. The Hall–Kier alpha value is -4.18. The van der Waals surface area contributed by atoms with Gasteiger partial charge in [-0.1, -0.05) is 60.7 Å². The Balaban J connectivity index is 1.83. The molecular weight excluding hydrogens is 368 g/mol. The van der Waals surface area contributed by atoms with Gasteiger partial charge in [-0.3, -0.25) is 9.97 Å². The average Bonchev–Trinajstić information content (AvgIpc) is 2.84. The van der Waals surface area contributed by atoms with E-state index in [0.717, 1.165) is 44.6 Å². The first-order valence-electron chi connectivity index (χ1n) is 9.84. The summed E-state index contributed by atoms with van der Waals surface area (Å²) < 4.78 is 0. The third-order valence-corrected chi connectivity index (χ3v) is 5.37. The highest BCUT2D eigenvalue weighted by molar-refractivity contribution is 6.23. The van der Waals surface area contributed by atoms with Gasteiger partial charge in [0.2, 0.25) is 0 Å². The standard InChI is InChI=1S/C26H16N4/c1-3-11-19-17(9-1)18-10-2-4-12-20(18)24-23(19)29-25(21-13-5-7-15-27-21)26(30-24)22-14-6-8-16-28-22/h1-16H. The minimum absolute atomic E-state index is 0.738. The van der Waals surface area contributed by atoms with E-state index in [1.165, 1.54) is 10.8 Å². The van der Waals surface area contributed by atoms with Gasteiger partial charge in [-0.25, -0.2) is 9.97 Å². The molecule has 0 aliphatic rings. The molecule has 0 saturated carbocycles. The smallest absolute Gasteiger partial charge is 0.117 e. The summed E-state index contributed by atoms with van der Waals surface area (Å²) >= 11 is 0. The Bertz CT molecular complexity index is 1410. The lowest BCUT2D eigenvalue weighted by molar-refractivity contribution is 1.21. The lowest BCUT2D eigenvalue weighted by Gasteiger charge is -2.13. The third-order valence-electron chi connectivity index (χ3n) is 5.37. The van der Waals surface area contributed by atoms with Crippen LogP contribution in [0.1, 0.15) is 0 Å². The lowest BCUT2D eigenvalue weighted by atomic mass is 9.99. The largest absolute Gasteiger partial charge is 0.255 e. The summed E-state index contributed by atoms with van der Waals surface area (Å²) in [5, 5.41) is 4.52. The lowest BCUT2D eigenvalue weighted by Crippen LogP contribution is -1.99. The van der Waals surface area contributed by atoms with Crippen LogP contribution in [0.3, 0.4) is 0 Å². The van der Waals surface area contributed by atoms with Crippen LogP contribution in [-0.4, -0.2) is 19.9 Å². The Labute approximate surface area is 172 Å². The van der Waals surface area contributed by atoms with E-state index in [2.05, 4.69) is 46.4 Å². The van der Waals surface area contributed by atoms with E-state index < -0.39 is 0 Å². The van der Waals surface area contributed by atoms with Gasteiger partial charge in [0.1, 0.15) is 11.4 Å². The zero-order valence-corrected chi connectivity index (χ0v) is 16.0. The number of aromatic nitrogens is 4. The molecule has 0 amide bonds. The van der Waals surface area contributed by atoms with Crippen molar-refractivity contribution < 1.29 is 0 Å². The van der Waals surface area contributed by atoms with E-state index >= 15 is 0 Å². The number of nitrogens with zero attached hydrogens (tertiary/aromatic N) is 4. The van der Waals surface area contributed by atoms with Crippen molar-refractivity contribution in [1.29, 1.82) is 0 Å². The van der Waals surface area contributed by atoms with Crippen molar-refractivity contribution in [3.8, 4) is 22.8 Å². The molecule has 3 heterocycles. The summed E-state index contributed by atoms with van der Waals surface area (Å²) in [6.07, 6.45) is 3.56. The van der Waals surface area contributed by atoms with Crippen LogP contribution in [0.15, 0.2) is 97.3 Å². The summed E-state index contributed by atoms with van der Waals surface area (Å²) in [7, 11) is 0. The molecule has 0 N–H and O–H groups in total. The molecule has 0 aliphatic carbocycles. The van der Waals surface area contributed by atoms with Crippen molar-refractivity contribution in [2.24, 2.45) is 0 Å². The van der Waals surface area contributed by atoms with Gasteiger partial charge in [-0.2, -0.15) is 0 Å². The van der Waals surface area contributed by atoms with Gasteiger partial charge in [0.25, 0.3) is 0 Å². The zero-order valence-electron chi connectivity index (χ0n) is 16.0. The normalized spacial score (nSPS) is 11.3. The molecule has 3 aromatic carbocycles. The van der Waals surface area contributed by atoms with Crippen LogP contribution in [0.25, 0.3) is 55.4 Å². The first kappa shape index (κ1) is 16.7. The van der Waals surface area contributed by atoms with Gasteiger partial charge in [-0.15, -0.1) is 0 Å². The van der Waals surface area contributed by atoms with Gasteiger partial charge >= 0.3 is 0 Å². The van der Waals surface area contributed by atoms with Crippen LogP contribution in [0.5, 0.6) is 0 Å². The van der Waals surface area contributed by atoms with Crippen molar-refractivity contribution >= 4 is 32.6 Å². The molecule has 4 heteroatoms. The van der Waals surface area contributed by atoms with E-state index in [0.29, 0.717) is 0 Å². The van der Waals surface area contributed by atoms with Crippen LogP contribution >= 0.6 is 0 Å². The van der Waals surface area contributed by atoms with Gasteiger partial charge in [0.05, 0.1) is 22.4 Å². The number of hydrogen-bond donors (Lipinski definition) is 0. The van der Waals surface area contributed by atoms with E-state index in [1.54, 1.807) is 12.4 Å². The highest BCUT2D eigenvalue weighted by Crippen LogP contribution is 2.36. The molecule has 30 heavy (non-hydrogen) atoms. The van der Waals surface area contributed by atoms with Gasteiger partial charge in [0, 0.05) is 23.2 Å². The first-order chi connectivity index (χ1) is 14.9. The fourth-order valence-electron chi connectivity index (χ4n) is 4.02. The third kappa shape index (κ3) is 2.54. The molecule has 0 unspecified atom stereocenters. The summed E-state index contributed by atoms with van der Waals surface area (Å²) in [4.78, 5) is 19.4. The number of pyridine rings is 2. The van der Waals surface area contributed by atoms with Crippen molar-refractivity contribution in [2.75, 3.05) is 0 Å². The van der Waals surface area contributed by atoms with Gasteiger partial charge in [-0.05, 0) is 35.0 Å². The molecule has 3 aromatic heterocycles. The van der Waals surface area contributed by atoms with E-state index in [-0.39, 0.29) is 0 Å². The molecule has 140 valence electrons. The molecule has 0 atom stereocenters. The topological polar surface area (TPSA) is 51.6 Å². The Morgan fingerprint density at radius 1 is 0.400 bits per heavy atom. The van der Waals surface area contributed by atoms with E-state index in [9.17, 15) is 0 Å². The van der Waals surface area contributed by atoms with Crippen LogP contribution < -0.4 is 0 Å². The van der Waals surface area contributed by atoms with Gasteiger partial charge < -0.3 is 0 Å². The maximum Gasteiger partial charge on any atom is 0.117 e. The molecule has 0 saturated heterocycles.